The number of rotatable bonds is 3. The van der Waals surface area contributed by atoms with E-state index in [-0.39, 0.29) is 30.5 Å². The van der Waals surface area contributed by atoms with E-state index in [1.54, 1.807) is 0 Å². The van der Waals surface area contributed by atoms with Crippen LogP contribution in [0.2, 0.25) is 0 Å². The molecule has 112 valence electrons. The average molecular weight is 422 g/mol. The summed E-state index contributed by atoms with van der Waals surface area (Å²) >= 11 is 2.05. The number of nitrogens with one attached hydrogen (secondary N) is 1. The van der Waals surface area contributed by atoms with Crippen LogP contribution in [0, 0.1) is 9.62 Å². The highest BCUT2D eigenvalue weighted by molar-refractivity contribution is 14.1. The number of carbonyl (C=O) groups excluding carboxylic acids is 1. The number of carbonyl (C=O) groups is 1. The summed E-state index contributed by atoms with van der Waals surface area (Å²) in [5.74, 6) is -0.283. The number of H-pyrrole nitrogens is 1. The predicted octanol–water partition coefficient (Wildman–Crippen LogP) is -0.401. The monoisotopic (exact) mass is 422 g/mol. The van der Waals surface area contributed by atoms with Gasteiger partial charge in [-0.2, -0.15) is 5.10 Å². The minimum atomic E-state index is -3.61. The van der Waals surface area contributed by atoms with Gasteiger partial charge in [-0.1, -0.05) is 0 Å². The molecule has 1 unspecified atom stereocenters. The van der Waals surface area contributed by atoms with Crippen LogP contribution in [-0.4, -0.2) is 46.8 Å². The molecule has 1 fully saturated rings. The Balaban J connectivity index is 1.96. The first kappa shape index (κ1) is 14.6. The molecule has 21 heavy (non-hydrogen) atoms. The second-order valence-electron chi connectivity index (χ2n) is 4.84. The van der Waals surface area contributed by atoms with E-state index >= 15 is 0 Å². The van der Waals surface area contributed by atoms with E-state index in [1.165, 1.54) is 11.2 Å². The fraction of sp³-hybridized carbons (Fsp3) is 0.400. The molecule has 11 heteroatoms. The molecule has 1 aliphatic heterocycles. The van der Waals surface area contributed by atoms with Crippen molar-refractivity contribution in [3.63, 3.8) is 0 Å². The number of hydrogen-bond donors (Lipinski definition) is 2. The van der Waals surface area contributed by atoms with Crippen LogP contribution in [0.5, 0.6) is 0 Å². The van der Waals surface area contributed by atoms with Gasteiger partial charge in [0.25, 0.3) is 0 Å². The molecule has 0 radical (unpaired) electrons. The third-order valence-electron chi connectivity index (χ3n) is 3.22. The molecule has 0 saturated carbocycles. The third kappa shape index (κ3) is 2.85. The van der Waals surface area contributed by atoms with Crippen molar-refractivity contribution in [1.82, 2.24) is 20.2 Å². The van der Waals surface area contributed by atoms with E-state index in [4.69, 9.17) is 5.14 Å². The Morgan fingerprint density at radius 2 is 2.24 bits per heavy atom. The molecule has 2 aromatic rings. The van der Waals surface area contributed by atoms with Gasteiger partial charge in [-0.15, -0.1) is 0 Å². The van der Waals surface area contributed by atoms with Crippen LogP contribution in [0.4, 0.5) is 5.82 Å². The van der Waals surface area contributed by atoms with E-state index in [0.29, 0.717) is 16.9 Å². The Bertz CT molecular complexity index is 819. The molecule has 1 amide bonds. The number of aromatic nitrogens is 4. The number of primary sulfonamides is 1. The lowest BCUT2D eigenvalue weighted by molar-refractivity contribution is -0.117. The number of sulfonamides is 1. The number of aromatic amines is 1. The lowest BCUT2D eigenvalue weighted by Gasteiger charge is -2.16. The van der Waals surface area contributed by atoms with E-state index in [2.05, 4.69) is 20.2 Å². The van der Waals surface area contributed by atoms with Gasteiger partial charge in [0.15, 0.2) is 11.5 Å². The van der Waals surface area contributed by atoms with Gasteiger partial charge in [0.1, 0.15) is 10.0 Å². The molecular formula is C10H11IN6O3S. The minimum absolute atomic E-state index is 0.135. The summed E-state index contributed by atoms with van der Waals surface area (Å²) in [7, 11) is -3.61. The summed E-state index contributed by atoms with van der Waals surface area (Å²) in [4.78, 5) is 21.8. The first-order valence-corrected chi connectivity index (χ1v) is 8.80. The maximum atomic E-state index is 12.1. The molecule has 0 spiro atoms. The SMILES string of the molecule is NS(=O)(=O)CC1CC(=O)N(c2ncnc3n[nH]c(I)c23)C1. The number of nitrogens with two attached hydrogens (primary N) is 1. The van der Waals surface area contributed by atoms with Crippen molar-refractivity contribution in [2.24, 2.45) is 11.1 Å². The molecular weight excluding hydrogens is 411 g/mol. The van der Waals surface area contributed by atoms with E-state index < -0.39 is 10.0 Å². The number of nitrogens with zero attached hydrogens (tertiary/aromatic N) is 4. The zero-order chi connectivity index (χ0) is 15.2. The van der Waals surface area contributed by atoms with Crippen molar-refractivity contribution in [1.29, 1.82) is 0 Å². The van der Waals surface area contributed by atoms with Crippen LogP contribution in [0.3, 0.4) is 0 Å². The molecule has 0 aliphatic carbocycles. The van der Waals surface area contributed by atoms with Crippen LogP contribution in [0.1, 0.15) is 6.42 Å². The quantitative estimate of drug-likeness (QED) is 0.647. The summed E-state index contributed by atoms with van der Waals surface area (Å²) in [6, 6.07) is 0. The fourth-order valence-corrected chi connectivity index (χ4v) is 3.92. The van der Waals surface area contributed by atoms with Gasteiger partial charge in [-0.25, -0.2) is 23.5 Å². The number of amides is 1. The number of anilines is 1. The highest BCUT2D eigenvalue weighted by Crippen LogP contribution is 2.30. The molecule has 1 atom stereocenters. The van der Waals surface area contributed by atoms with Gasteiger partial charge < -0.3 is 0 Å². The summed E-state index contributed by atoms with van der Waals surface area (Å²) < 4.78 is 23.1. The van der Waals surface area contributed by atoms with Crippen molar-refractivity contribution < 1.29 is 13.2 Å². The normalized spacial score (nSPS) is 19.6. The van der Waals surface area contributed by atoms with Gasteiger partial charge in [0.05, 0.1) is 11.1 Å². The van der Waals surface area contributed by atoms with Gasteiger partial charge >= 0.3 is 0 Å². The lowest BCUT2D eigenvalue weighted by atomic mass is 10.1. The van der Waals surface area contributed by atoms with Crippen molar-refractivity contribution in [2.45, 2.75) is 6.42 Å². The number of halogens is 1. The maximum Gasteiger partial charge on any atom is 0.228 e. The summed E-state index contributed by atoms with van der Waals surface area (Å²) in [5, 5.41) is 12.5. The topological polar surface area (TPSA) is 135 Å². The Morgan fingerprint density at radius 1 is 1.48 bits per heavy atom. The van der Waals surface area contributed by atoms with Crippen molar-refractivity contribution in [2.75, 3.05) is 17.2 Å². The van der Waals surface area contributed by atoms with E-state index in [1.807, 2.05) is 22.6 Å². The average Bonchev–Trinajstić information content (AvgIpc) is 2.91. The Labute approximate surface area is 133 Å². The second kappa shape index (κ2) is 5.14. The molecule has 0 aromatic carbocycles. The zero-order valence-electron chi connectivity index (χ0n) is 10.7. The summed E-state index contributed by atoms with van der Waals surface area (Å²) in [6.07, 6.45) is 1.46. The molecule has 1 saturated heterocycles. The van der Waals surface area contributed by atoms with E-state index in [0.717, 1.165) is 3.70 Å². The Hall–Kier alpha value is -1.34. The van der Waals surface area contributed by atoms with Crippen LogP contribution in [-0.2, 0) is 14.8 Å². The van der Waals surface area contributed by atoms with Crippen LogP contribution >= 0.6 is 22.6 Å². The highest BCUT2D eigenvalue weighted by atomic mass is 127. The maximum absolute atomic E-state index is 12.1. The number of fused-ring (bicyclic) bond motifs is 1. The third-order valence-corrected chi connectivity index (χ3v) is 4.93. The van der Waals surface area contributed by atoms with Crippen LogP contribution < -0.4 is 10.0 Å². The predicted molar refractivity (Wildman–Crippen MR) is 82.8 cm³/mol. The van der Waals surface area contributed by atoms with Gasteiger partial charge in [-0.05, 0) is 22.6 Å². The summed E-state index contributed by atoms with van der Waals surface area (Å²) in [6.45, 7) is 0.267. The number of hydrogen-bond acceptors (Lipinski definition) is 6. The highest BCUT2D eigenvalue weighted by Gasteiger charge is 2.35. The standard InChI is InChI=1S/C10H11IN6O3S/c11-8-7-9(16-15-8)13-4-14-10(7)17-2-5(1-6(17)18)3-21(12,19)20/h4-5H,1-3H2,(H2,12,19,20)(H,13,14,15,16). The summed E-state index contributed by atoms with van der Waals surface area (Å²) in [5.41, 5.74) is 0.465. The first-order valence-electron chi connectivity index (χ1n) is 6.00. The van der Waals surface area contributed by atoms with Crippen molar-refractivity contribution in [3.05, 3.63) is 10.0 Å². The zero-order valence-corrected chi connectivity index (χ0v) is 13.6. The van der Waals surface area contributed by atoms with Crippen LogP contribution in [0.15, 0.2) is 6.33 Å². The fourth-order valence-electron chi connectivity index (χ4n) is 2.44. The molecule has 2 aromatic heterocycles. The first-order chi connectivity index (χ1) is 9.85. The molecule has 3 rings (SSSR count). The van der Waals surface area contributed by atoms with Crippen molar-refractivity contribution >= 4 is 55.4 Å². The Kier molecular flexibility index (Phi) is 3.57. The molecule has 1 aliphatic rings. The molecule has 3 heterocycles. The van der Waals surface area contributed by atoms with Gasteiger partial charge in [-0.3, -0.25) is 14.8 Å². The van der Waals surface area contributed by atoms with Crippen molar-refractivity contribution in [3.8, 4) is 0 Å². The van der Waals surface area contributed by atoms with Crippen LogP contribution in [0.25, 0.3) is 11.0 Å². The minimum Gasteiger partial charge on any atom is -0.296 e. The molecule has 0 bridgehead atoms. The lowest BCUT2D eigenvalue weighted by Crippen LogP contribution is -2.28. The molecule has 3 N–H and O–H groups in total. The second-order valence-corrected chi connectivity index (χ2v) is 7.58. The van der Waals surface area contributed by atoms with E-state index in [9.17, 15) is 13.2 Å². The van der Waals surface area contributed by atoms with Gasteiger partial charge in [0.2, 0.25) is 15.9 Å². The Morgan fingerprint density at radius 3 is 2.95 bits per heavy atom. The van der Waals surface area contributed by atoms with Gasteiger partial charge in [0, 0.05) is 18.9 Å². The molecule has 9 nitrogen and oxygen atoms in total. The smallest absolute Gasteiger partial charge is 0.228 e. The largest absolute Gasteiger partial charge is 0.296 e.